The van der Waals surface area contributed by atoms with E-state index < -0.39 is 17.7 Å². The van der Waals surface area contributed by atoms with Crippen LogP contribution in [0.4, 0.5) is 5.69 Å². The van der Waals surface area contributed by atoms with Crippen LogP contribution in [0.2, 0.25) is 0 Å². The summed E-state index contributed by atoms with van der Waals surface area (Å²) in [7, 11) is 0. The number of anilines is 1. The van der Waals surface area contributed by atoms with Crippen LogP contribution in [0.3, 0.4) is 0 Å². The van der Waals surface area contributed by atoms with Crippen molar-refractivity contribution in [3.8, 4) is 0 Å². The highest BCUT2D eigenvalue weighted by atomic mass is 16.3. The number of aromatic nitrogens is 1. The molecule has 1 aliphatic carbocycles. The fourth-order valence-corrected chi connectivity index (χ4v) is 4.97. The Balaban J connectivity index is 1.71. The molecule has 5 nitrogen and oxygen atoms in total. The van der Waals surface area contributed by atoms with Crippen molar-refractivity contribution < 1.29 is 14.7 Å². The fraction of sp³-hybridized carbons (Fsp3) is 0.250. The van der Waals surface area contributed by atoms with E-state index in [1.165, 1.54) is 22.4 Å². The number of hydrogen-bond acceptors (Lipinski definition) is 4. The second-order valence-electron chi connectivity index (χ2n) is 8.87. The largest absolute Gasteiger partial charge is 0.507 e. The van der Waals surface area contributed by atoms with Crippen molar-refractivity contribution in [1.82, 2.24) is 4.98 Å². The second-order valence-corrected chi connectivity index (χ2v) is 8.87. The second kappa shape index (κ2) is 8.32. The van der Waals surface area contributed by atoms with Crippen LogP contribution in [0.25, 0.3) is 5.76 Å². The Morgan fingerprint density at radius 1 is 1.00 bits per heavy atom. The van der Waals surface area contributed by atoms with Crippen molar-refractivity contribution in [3.63, 3.8) is 0 Å². The molecule has 1 fully saturated rings. The lowest BCUT2D eigenvalue weighted by Gasteiger charge is -2.27. The molecule has 2 aromatic carbocycles. The number of benzene rings is 2. The van der Waals surface area contributed by atoms with Gasteiger partial charge in [-0.25, -0.2) is 0 Å². The van der Waals surface area contributed by atoms with Gasteiger partial charge < -0.3 is 5.11 Å². The normalized spacial score (nSPS) is 19.6. The average molecular weight is 439 g/mol. The van der Waals surface area contributed by atoms with Gasteiger partial charge in [-0.05, 0) is 85.5 Å². The summed E-state index contributed by atoms with van der Waals surface area (Å²) < 4.78 is 0. The van der Waals surface area contributed by atoms with E-state index in [1.807, 2.05) is 56.3 Å². The quantitative estimate of drug-likeness (QED) is 0.346. The monoisotopic (exact) mass is 438 g/mol. The summed E-state index contributed by atoms with van der Waals surface area (Å²) in [4.78, 5) is 32.4. The number of pyridine rings is 1. The number of Topliss-reactive ketones (excluding diaryl/α,β-unsaturated/α-hetero) is 1. The van der Waals surface area contributed by atoms with E-state index in [9.17, 15) is 14.7 Å². The Kier molecular flexibility index (Phi) is 5.33. The lowest BCUT2D eigenvalue weighted by molar-refractivity contribution is -0.132. The van der Waals surface area contributed by atoms with Gasteiger partial charge in [0.15, 0.2) is 0 Å². The van der Waals surface area contributed by atoms with Crippen LogP contribution in [0.1, 0.15) is 52.3 Å². The van der Waals surface area contributed by atoms with Crippen LogP contribution in [-0.2, 0) is 22.4 Å². The number of aliphatic hydroxyl groups is 1. The molecule has 2 aliphatic rings. The summed E-state index contributed by atoms with van der Waals surface area (Å²) in [6.07, 6.45) is 7.57. The third-order valence-corrected chi connectivity index (χ3v) is 6.90. The number of carbonyl (C=O) groups excluding carboxylic acids is 2. The number of nitrogens with zero attached hydrogens (tertiary/aromatic N) is 2. The predicted octanol–water partition coefficient (Wildman–Crippen LogP) is 5.20. The molecule has 1 unspecified atom stereocenters. The molecule has 0 bridgehead atoms. The van der Waals surface area contributed by atoms with E-state index in [2.05, 4.69) is 4.98 Å². The molecular formula is C28H26N2O3. The number of fused-ring (bicyclic) bond motifs is 1. The Morgan fingerprint density at radius 2 is 1.79 bits per heavy atom. The van der Waals surface area contributed by atoms with Gasteiger partial charge in [0, 0.05) is 23.6 Å². The van der Waals surface area contributed by atoms with E-state index in [-0.39, 0.29) is 11.3 Å². The Labute approximate surface area is 193 Å². The molecule has 5 heteroatoms. The minimum Gasteiger partial charge on any atom is -0.507 e. The Morgan fingerprint density at radius 3 is 2.55 bits per heavy atom. The zero-order valence-corrected chi connectivity index (χ0v) is 18.8. The first-order valence-corrected chi connectivity index (χ1v) is 11.4. The molecule has 0 spiro atoms. The number of ketones is 1. The lowest BCUT2D eigenvalue weighted by atomic mass is 9.89. The summed E-state index contributed by atoms with van der Waals surface area (Å²) in [5.41, 5.74) is 6.45. The van der Waals surface area contributed by atoms with Gasteiger partial charge in [0.05, 0.1) is 11.6 Å². The number of amides is 1. The SMILES string of the molecule is Cc1cccc(N2C(=O)C(=O)/C(=C(\O)c3ccc4c(c3)CCCC4)C2c2cccnc2)c1C. The molecule has 5 rings (SSSR count). The van der Waals surface area contributed by atoms with Gasteiger partial charge in [0.1, 0.15) is 5.76 Å². The van der Waals surface area contributed by atoms with Crippen molar-refractivity contribution in [3.05, 3.63) is 99.9 Å². The number of carbonyl (C=O) groups is 2. The summed E-state index contributed by atoms with van der Waals surface area (Å²) >= 11 is 0. The zero-order chi connectivity index (χ0) is 23.1. The van der Waals surface area contributed by atoms with Crippen molar-refractivity contribution in [2.75, 3.05) is 4.90 Å². The maximum atomic E-state index is 13.3. The molecule has 1 aliphatic heterocycles. The molecule has 1 N–H and O–H groups in total. The zero-order valence-electron chi connectivity index (χ0n) is 18.8. The number of aryl methyl sites for hydroxylation is 3. The third-order valence-electron chi connectivity index (χ3n) is 6.90. The molecule has 1 aromatic heterocycles. The Bertz CT molecular complexity index is 1290. The molecule has 1 saturated heterocycles. The van der Waals surface area contributed by atoms with Crippen LogP contribution < -0.4 is 4.90 Å². The molecule has 2 heterocycles. The molecule has 0 radical (unpaired) electrons. The molecule has 33 heavy (non-hydrogen) atoms. The third kappa shape index (κ3) is 3.54. The Hall–Kier alpha value is -3.73. The van der Waals surface area contributed by atoms with Gasteiger partial charge in [-0.3, -0.25) is 19.5 Å². The van der Waals surface area contributed by atoms with E-state index in [0.717, 1.165) is 30.4 Å². The van der Waals surface area contributed by atoms with Crippen molar-refractivity contribution in [2.24, 2.45) is 0 Å². The maximum absolute atomic E-state index is 13.3. The number of aliphatic hydroxyl groups excluding tert-OH is 1. The first-order valence-electron chi connectivity index (χ1n) is 11.4. The molecule has 1 amide bonds. The first kappa shape index (κ1) is 21.1. The highest BCUT2D eigenvalue weighted by molar-refractivity contribution is 6.51. The van der Waals surface area contributed by atoms with E-state index >= 15 is 0 Å². The summed E-state index contributed by atoms with van der Waals surface area (Å²) in [5, 5.41) is 11.4. The van der Waals surface area contributed by atoms with E-state index in [4.69, 9.17) is 0 Å². The number of rotatable bonds is 3. The predicted molar refractivity (Wildman–Crippen MR) is 128 cm³/mol. The first-order chi connectivity index (χ1) is 16.0. The van der Waals surface area contributed by atoms with Crippen molar-refractivity contribution in [2.45, 2.75) is 45.6 Å². The molecule has 3 aromatic rings. The van der Waals surface area contributed by atoms with Gasteiger partial charge in [0.2, 0.25) is 0 Å². The smallest absolute Gasteiger partial charge is 0.300 e. The van der Waals surface area contributed by atoms with E-state index in [1.54, 1.807) is 18.5 Å². The standard InChI is InChI=1S/C28H26N2O3/c1-17-7-5-11-23(18(17)2)30-25(22-10-6-14-29-16-22)24(27(32)28(30)33)26(31)21-13-12-19-8-3-4-9-20(19)15-21/h5-7,10-16,25,31H,3-4,8-9H2,1-2H3/b26-24-. The van der Waals surface area contributed by atoms with Gasteiger partial charge in [-0.1, -0.05) is 30.3 Å². The average Bonchev–Trinajstić information content (AvgIpc) is 3.11. The maximum Gasteiger partial charge on any atom is 0.300 e. The lowest BCUT2D eigenvalue weighted by Crippen LogP contribution is -2.30. The molecule has 166 valence electrons. The summed E-state index contributed by atoms with van der Waals surface area (Å²) in [5.74, 6) is -1.46. The fourth-order valence-electron chi connectivity index (χ4n) is 4.97. The minimum absolute atomic E-state index is 0.102. The van der Waals surface area contributed by atoms with Crippen LogP contribution in [0.5, 0.6) is 0 Å². The minimum atomic E-state index is -0.754. The van der Waals surface area contributed by atoms with Gasteiger partial charge in [0.25, 0.3) is 11.7 Å². The molecule has 1 atom stereocenters. The highest BCUT2D eigenvalue weighted by Crippen LogP contribution is 2.43. The van der Waals surface area contributed by atoms with E-state index in [0.29, 0.717) is 16.8 Å². The van der Waals surface area contributed by atoms with Crippen LogP contribution >= 0.6 is 0 Å². The summed E-state index contributed by atoms with van der Waals surface area (Å²) in [6.45, 7) is 3.91. The van der Waals surface area contributed by atoms with Gasteiger partial charge >= 0.3 is 0 Å². The van der Waals surface area contributed by atoms with Crippen LogP contribution in [0, 0.1) is 13.8 Å². The molecular weight excluding hydrogens is 412 g/mol. The van der Waals surface area contributed by atoms with Crippen LogP contribution in [0.15, 0.2) is 66.5 Å². The highest BCUT2D eigenvalue weighted by Gasteiger charge is 2.47. The molecule has 0 saturated carbocycles. The summed E-state index contributed by atoms with van der Waals surface area (Å²) in [6, 6.07) is 14.4. The topological polar surface area (TPSA) is 70.5 Å². The van der Waals surface area contributed by atoms with Crippen molar-refractivity contribution in [1.29, 1.82) is 0 Å². The van der Waals surface area contributed by atoms with Gasteiger partial charge in [-0.15, -0.1) is 0 Å². The van der Waals surface area contributed by atoms with Crippen molar-refractivity contribution >= 4 is 23.1 Å². The van der Waals surface area contributed by atoms with Crippen LogP contribution in [-0.4, -0.2) is 21.8 Å². The van der Waals surface area contributed by atoms with Gasteiger partial charge in [-0.2, -0.15) is 0 Å². The number of hydrogen-bond donors (Lipinski definition) is 1.